The Morgan fingerprint density at radius 1 is 1.51 bits per heavy atom. The monoisotopic (exact) mass is 536 g/mol. The van der Waals surface area contributed by atoms with Crippen molar-refractivity contribution in [2.45, 2.75) is 23.1 Å². The molecule has 2 aliphatic rings. The zero-order chi connectivity index (χ0) is 25.1. The molecule has 1 unspecified atom stereocenters. The average Bonchev–Trinajstić information content (AvgIpc) is 3.47. The van der Waals surface area contributed by atoms with Crippen molar-refractivity contribution in [1.82, 2.24) is 30.0 Å². The van der Waals surface area contributed by atoms with Gasteiger partial charge in [0.25, 0.3) is 11.8 Å². The number of nitrogens with one attached hydrogen (secondary N) is 1. The molecule has 1 saturated heterocycles. The van der Waals surface area contributed by atoms with E-state index in [1.807, 2.05) is 0 Å². The molecule has 35 heavy (non-hydrogen) atoms. The van der Waals surface area contributed by atoms with Crippen molar-refractivity contribution >= 4 is 63.5 Å². The quantitative estimate of drug-likeness (QED) is 0.126. The second-order valence-electron chi connectivity index (χ2n) is 7.15. The summed E-state index contributed by atoms with van der Waals surface area (Å²) in [5.74, 6) is -1.74. The van der Waals surface area contributed by atoms with Crippen molar-refractivity contribution in [2.75, 3.05) is 24.3 Å². The molecular formula is C19H20N8O5S3. The summed E-state index contributed by atoms with van der Waals surface area (Å²) in [5, 5.41) is 25.9. The van der Waals surface area contributed by atoms with Crippen molar-refractivity contribution in [1.29, 1.82) is 0 Å². The van der Waals surface area contributed by atoms with Crippen LogP contribution in [0.4, 0.5) is 5.13 Å². The molecule has 2 aliphatic heterocycles. The Morgan fingerprint density at radius 2 is 2.31 bits per heavy atom. The molecular weight excluding hydrogens is 516 g/mol. The first kappa shape index (κ1) is 24.7. The molecule has 16 heteroatoms. The van der Waals surface area contributed by atoms with Crippen molar-refractivity contribution in [3.63, 3.8) is 0 Å². The number of aromatic nitrogens is 4. The SMILES string of the molecule is C=CCn1cnnc1SCC1=C(C(=O)O)N2C(=O)C(NC(=O)C(=NOC)c3csc(N)n3)[C@@H]2SC1. The Hall–Kier alpha value is -3.37. The van der Waals surface area contributed by atoms with Gasteiger partial charge in [-0.2, -0.15) is 0 Å². The van der Waals surface area contributed by atoms with E-state index in [0.717, 1.165) is 11.3 Å². The maximum atomic E-state index is 12.9. The Balaban J connectivity index is 1.48. The van der Waals surface area contributed by atoms with Crippen molar-refractivity contribution in [3.8, 4) is 0 Å². The first-order chi connectivity index (χ1) is 16.8. The largest absolute Gasteiger partial charge is 0.477 e. The number of amides is 2. The number of carboxylic acid groups (broad SMARTS) is 1. The van der Waals surface area contributed by atoms with E-state index < -0.39 is 29.2 Å². The average molecular weight is 537 g/mol. The third kappa shape index (κ3) is 4.89. The third-order valence-corrected chi connectivity index (χ3v) is 8.06. The standard InChI is InChI=1S/C19H20N8O5S3/c1-3-4-26-8-21-24-19(26)35-6-9-5-33-16-12(15(29)27(16)13(9)17(30)31)23-14(28)11(25-32-2)10-7-34-18(20)22-10/h3,7-8,12,16H,1,4-6H2,2H3,(H2,20,22)(H,23,28)(H,30,31)/t12?,16-/m0/s1. The number of fused-ring (bicyclic) bond motifs is 1. The fourth-order valence-corrected chi connectivity index (χ4v) is 6.43. The van der Waals surface area contributed by atoms with Gasteiger partial charge in [-0.3, -0.25) is 14.5 Å². The fraction of sp³-hybridized carbons (Fsp3) is 0.316. The highest BCUT2D eigenvalue weighted by Crippen LogP contribution is 2.41. The van der Waals surface area contributed by atoms with Crippen LogP contribution in [0, 0.1) is 0 Å². The molecule has 0 aromatic carbocycles. The van der Waals surface area contributed by atoms with Gasteiger partial charge in [0.1, 0.15) is 36.2 Å². The molecule has 184 valence electrons. The van der Waals surface area contributed by atoms with E-state index in [0.29, 0.717) is 28.8 Å². The number of thioether (sulfide) groups is 2. The minimum absolute atomic E-state index is 0.0791. The molecule has 4 rings (SSSR count). The molecule has 4 heterocycles. The predicted octanol–water partition coefficient (Wildman–Crippen LogP) is 0.384. The van der Waals surface area contributed by atoms with E-state index in [2.05, 4.69) is 32.2 Å². The van der Waals surface area contributed by atoms with Gasteiger partial charge in [0.15, 0.2) is 16.0 Å². The van der Waals surface area contributed by atoms with E-state index in [1.165, 1.54) is 35.5 Å². The normalized spacial score (nSPS) is 19.7. The number of thiazole rings is 1. The number of hydrogen-bond acceptors (Lipinski definition) is 12. The van der Waals surface area contributed by atoms with Crippen LogP contribution >= 0.6 is 34.9 Å². The number of allylic oxidation sites excluding steroid dienone is 1. The molecule has 2 amide bonds. The van der Waals surface area contributed by atoms with E-state index in [-0.39, 0.29) is 22.2 Å². The van der Waals surface area contributed by atoms with Crippen LogP contribution in [-0.2, 0) is 25.8 Å². The highest BCUT2D eigenvalue weighted by molar-refractivity contribution is 8.01. The molecule has 0 spiro atoms. The van der Waals surface area contributed by atoms with Crippen LogP contribution in [0.2, 0.25) is 0 Å². The Bertz CT molecular complexity index is 1240. The molecule has 0 radical (unpaired) electrons. The fourth-order valence-electron chi connectivity index (χ4n) is 3.47. The number of rotatable bonds is 10. The van der Waals surface area contributed by atoms with Crippen LogP contribution in [0.25, 0.3) is 0 Å². The molecule has 0 saturated carbocycles. The van der Waals surface area contributed by atoms with Crippen LogP contribution in [0.1, 0.15) is 5.69 Å². The Labute approximate surface area is 211 Å². The molecule has 4 N–H and O–H groups in total. The summed E-state index contributed by atoms with van der Waals surface area (Å²) >= 11 is 3.82. The smallest absolute Gasteiger partial charge is 0.352 e. The van der Waals surface area contributed by atoms with Gasteiger partial charge in [0, 0.05) is 23.4 Å². The topological polar surface area (TPSA) is 178 Å². The maximum Gasteiger partial charge on any atom is 0.352 e. The van der Waals surface area contributed by atoms with Crippen LogP contribution in [0.15, 0.2) is 45.9 Å². The number of carbonyl (C=O) groups is 3. The van der Waals surface area contributed by atoms with Gasteiger partial charge >= 0.3 is 5.97 Å². The summed E-state index contributed by atoms with van der Waals surface area (Å²) in [6.07, 6.45) is 3.27. The first-order valence-corrected chi connectivity index (χ1v) is 12.9. The highest BCUT2D eigenvalue weighted by atomic mass is 32.2. The lowest BCUT2D eigenvalue weighted by molar-refractivity contribution is -0.150. The number of hydrogen-bond donors (Lipinski definition) is 3. The second kappa shape index (κ2) is 10.5. The number of carbonyl (C=O) groups excluding carboxylic acids is 2. The molecule has 0 bridgehead atoms. The van der Waals surface area contributed by atoms with Gasteiger partial charge in [-0.15, -0.1) is 39.9 Å². The van der Waals surface area contributed by atoms with E-state index in [4.69, 9.17) is 10.6 Å². The van der Waals surface area contributed by atoms with Gasteiger partial charge in [0.2, 0.25) is 0 Å². The molecule has 2 aromatic rings. The lowest BCUT2D eigenvalue weighted by Crippen LogP contribution is -2.71. The van der Waals surface area contributed by atoms with Crippen molar-refractivity contribution in [3.05, 3.63) is 41.3 Å². The maximum absolute atomic E-state index is 12.9. The minimum atomic E-state index is -1.21. The Kier molecular flexibility index (Phi) is 7.42. The number of nitrogen functional groups attached to an aromatic ring is 1. The van der Waals surface area contributed by atoms with Gasteiger partial charge in [-0.25, -0.2) is 9.78 Å². The highest BCUT2D eigenvalue weighted by Gasteiger charge is 2.54. The summed E-state index contributed by atoms with van der Waals surface area (Å²) in [6.45, 7) is 4.21. The zero-order valence-corrected chi connectivity index (χ0v) is 20.7. The van der Waals surface area contributed by atoms with Crippen molar-refractivity contribution < 1.29 is 24.3 Å². The zero-order valence-electron chi connectivity index (χ0n) is 18.3. The van der Waals surface area contributed by atoms with Gasteiger partial charge < -0.3 is 25.6 Å². The summed E-state index contributed by atoms with van der Waals surface area (Å²) in [7, 11) is 1.28. The van der Waals surface area contributed by atoms with Crippen LogP contribution in [-0.4, -0.2) is 83.3 Å². The predicted molar refractivity (Wildman–Crippen MR) is 131 cm³/mol. The van der Waals surface area contributed by atoms with Crippen LogP contribution in [0.3, 0.4) is 0 Å². The summed E-state index contributed by atoms with van der Waals surface area (Å²) in [5.41, 5.74) is 6.21. The van der Waals surface area contributed by atoms with Crippen LogP contribution in [0.5, 0.6) is 0 Å². The van der Waals surface area contributed by atoms with E-state index in [1.54, 1.807) is 22.4 Å². The number of anilines is 1. The van der Waals surface area contributed by atoms with Gasteiger partial charge in [0.05, 0.1) is 0 Å². The lowest BCUT2D eigenvalue weighted by atomic mass is 10.0. The van der Waals surface area contributed by atoms with E-state index >= 15 is 0 Å². The first-order valence-electron chi connectivity index (χ1n) is 10.0. The Morgan fingerprint density at radius 3 is 2.97 bits per heavy atom. The summed E-state index contributed by atoms with van der Waals surface area (Å²) < 4.78 is 1.78. The minimum Gasteiger partial charge on any atom is -0.477 e. The molecule has 2 atom stereocenters. The lowest BCUT2D eigenvalue weighted by Gasteiger charge is -2.49. The summed E-state index contributed by atoms with van der Waals surface area (Å²) in [4.78, 5) is 47.8. The molecule has 13 nitrogen and oxygen atoms in total. The van der Waals surface area contributed by atoms with E-state index in [9.17, 15) is 19.5 Å². The number of oxime groups is 1. The molecule has 0 aliphatic carbocycles. The van der Waals surface area contributed by atoms with Crippen LogP contribution < -0.4 is 11.1 Å². The number of nitrogens with zero attached hydrogens (tertiary/aromatic N) is 6. The van der Waals surface area contributed by atoms with Gasteiger partial charge in [-0.05, 0) is 5.57 Å². The third-order valence-electron chi connectivity index (χ3n) is 4.98. The molecule has 2 aromatic heterocycles. The van der Waals surface area contributed by atoms with Crippen molar-refractivity contribution in [2.24, 2.45) is 5.16 Å². The number of carboxylic acids is 1. The second-order valence-corrected chi connectivity index (χ2v) is 10.1. The number of β-lactam (4-membered cyclic amide) rings is 1. The molecule has 1 fully saturated rings. The van der Waals surface area contributed by atoms with Gasteiger partial charge in [-0.1, -0.05) is 23.0 Å². The summed E-state index contributed by atoms with van der Waals surface area (Å²) in [6, 6.07) is -0.926. The number of nitrogens with two attached hydrogens (primary N) is 1. The number of aliphatic carboxylic acids is 1.